The van der Waals surface area contributed by atoms with Gasteiger partial charge in [-0.25, -0.2) is 0 Å². The zero-order valence-corrected chi connectivity index (χ0v) is 17.3. The fourth-order valence-corrected chi connectivity index (χ4v) is 7.81. The van der Waals surface area contributed by atoms with E-state index in [1.54, 1.807) is 0 Å². The molecule has 0 aliphatic heterocycles. The van der Waals surface area contributed by atoms with Crippen LogP contribution in [0.4, 0.5) is 0 Å². The molecule has 0 saturated carbocycles. The summed E-state index contributed by atoms with van der Waals surface area (Å²) in [5.74, 6) is 0. The largest absolute Gasteiger partial charge is 0.145 e. The number of aryl methyl sites for hydroxylation is 5. The Morgan fingerprint density at radius 3 is 1.16 bits per heavy atom. The van der Waals surface area contributed by atoms with Crippen LogP contribution < -0.4 is 15.6 Å². The molecule has 3 aromatic rings. The van der Waals surface area contributed by atoms with Crippen LogP contribution in [-0.2, 0) is 0 Å². The summed E-state index contributed by atoms with van der Waals surface area (Å²) in [4.78, 5) is 0. The minimum absolute atomic E-state index is 1.32. The molecule has 0 aromatic heterocycles. The first-order valence-electron chi connectivity index (χ1n) is 9.04. The Bertz CT molecular complexity index is 812. The molecule has 0 nitrogen and oxygen atoms in total. The Morgan fingerprint density at radius 1 is 0.440 bits per heavy atom. The van der Waals surface area contributed by atoms with Crippen molar-refractivity contribution in [2.24, 2.45) is 0 Å². The molecule has 0 saturated heterocycles. The maximum atomic E-state index is 2.50. The van der Waals surface area contributed by atoms with Crippen LogP contribution in [0.25, 0.3) is 0 Å². The molecule has 0 unspecified atom stereocenters. The second-order valence-corrected chi connectivity index (χ2v) is 11.7. The van der Waals surface area contributed by atoms with Crippen LogP contribution in [-0.4, -0.2) is 8.07 Å². The van der Waals surface area contributed by atoms with E-state index in [0.29, 0.717) is 0 Å². The second-order valence-electron chi connectivity index (χ2n) is 7.74. The minimum Gasteiger partial charge on any atom is -0.0620 e. The van der Waals surface area contributed by atoms with E-state index in [4.69, 9.17) is 0 Å². The zero-order valence-electron chi connectivity index (χ0n) is 16.3. The minimum atomic E-state index is -2.03. The lowest BCUT2D eigenvalue weighted by Gasteiger charge is -2.31. The van der Waals surface area contributed by atoms with E-state index >= 15 is 0 Å². The SMILES string of the molecule is Cc1ccc([Si](C)(c2cc(C)cc(C)c2)c2cc(C)cc(C)c2)cc1. The monoisotopic (exact) mass is 344 g/mol. The highest BCUT2D eigenvalue weighted by atomic mass is 28.3. The van der Waals surface area contributed by atoms with E-state index in [1.807, 2.05) is 0 Å². The molecule has 0 aliphatic carbocycles. The Balaban J connectivity index is 2.32. The van der Waals surface area contributed by atoms with Crippen molar-refractivity contribution in [3.05, 3.63) is 88.5 Å². The summed E-state index contributed by atoms with van der Waals surface area (Å²) in [6.07, 6.45) is 0. The topological polar surface area (TPSA) is 0 Å². The first-order chi connectivity index (χ1) is 11.8. The fraction of sp³-hybridized carbons (Fsp3) is 0.250. The van der Waals surface area contributed by atoms with Crippen molar-refractivity contribution in [2.75, 3.05) is 0 Å². The first-order valence-corrected chi connectivity index (χ1v) is 11.5. The molecule has 0 spiro atoms. The summed E-state index contributed by atoms with van der Waals surface area (Å²) in [6, 6.07) is 23.3. The van der Waals surface area contributed by atoms with Crippen molar-refractivity contribution >= 4 is 23.6 Å². The third kappa shape index (κ3) is 3.47. The fourth-order valence-electron chi connectivity index (χ4n) is 3.91. The summed E-state index contributed by atoms with van der Waals surface area (Å²) >= 11 is 0. The molecule has 0 atom stereocenters. The highest BCUT2D eigenvalue weighted by Crippen LogP contribution is 2.13. The molecule has 0 radical (unpaired) electrons. The number of hydrogen-bond acceptors (Lipinski definition) is 0. The van der Waals surface area contributed by atoms with Crippen LogP contribution in [0.15, 0.2) is 60.7 Å². The maximum Gasteiger partial charge on any atom is 0.145 e. The molecule has 1 heteroatoms. The van der Waals surface area contributed by atoms with Gasteiger partial charge in [0.25, 0.3) is 0 Å². The Hall–Kier alpha value is -2.12. The second kappa shape index (κ2) is 6.65. The third-order valence-corrected chi connectivity index (χ3v) is 9.60. The molecular formula is C24H28Si. The van der Waals surface area contributed by atoms with Gasteiger partial charge in [0.1, 0.15) is 8.07 Å². The van der Waals surface area contributed by atoms with E-state index < -0.39 is 8.07 Å². The molecule has 3 aromatic carbocycles. The highest BCUT2D eigenvalue weighted by molar-refractivity contribution is 7.10. The van der Waals surface area contributed by atoms with Gasteiger partial charge in [0.15, 0.2) is 0 Å². The number of hydrogen-bond donors (Lipinski definition) is 0. The molecule has 0 heterocycles. The van der Waals surface area contributed by atoms with Gasteiger partial charge < -0.3 is 0 Å². The number of rotatable bonds is 3. The molecule has 0 bridgehead atoms. The van der Waals surface area contributed by atoms with Crippen molar-refractivity contribution in [2.45, 2.75) is 41.2 Å². The average Bonchev–Trinajstić information content (AvgIpc) is 2.53. The van der Waals surface area contributed by atoms with Gasteiger partial charge in [0, 0.05) is 0 Å². The van der Waals surface area contributed by atoms with Crippen LogP contribution in [0.1, 0.15) is 27.8 Å². The van der Waals surface area contributed by atoms with Gasteiger partial charge in [-0.3, -0.25) is 0 Å². The first kappa shape index (κ1) is 17.7. The third-order valence-electron chi connectivity index (χ3n) is 5.23. The summed E-state index contributed by atoms with van der Waals surface area (Å²) in [5, 5.41) is 4.48. The Kier molecular flexibility index (Phi) is 4.70. The van der Waals surface area contributed by atoms with E-state index in [1.165, 1.54) is 43.4 Å². The van der Waals surface area contributed by atoms with Gasteiger partial charge in [-0.2, -0.15) is 0 Å². The van der Waals surface area contributed by atoms with Crippen molar-refractivity contribution in [1.82, 2.24) is 0 Å². The van der Waals surface area contributed by atoms with Crippen LogP contribution in [0.3, 0.4) is 0 Å². The van der Waals surface area contributed by atoms with E-state index in [2.05, 4.69) is 102 Å². The summed E-state index contributed by atoms with van der Waals surface area (Å²) in [7, 11) is -2.03. The van der Waals surface area contributed by atoms with Crippen LogP contribution in [0.5, 0.6) is 0 Å². The van der Waals surface area contributed by atoms with Crippen molar-refractivity contribution in [3.8, 4) is 0 Å². The van der Waals surface area contributed by atoms with Gasteiger partial charge in [-0.15, -0.1) is 0 Å². The maximum absolute atomic E-state index is 2.50. The Morgan fingerprint density at radius 2 is 0.800 bits per heavy atom. The summed E-state index contributed by atoms with van der Waals surface area (Å²) in [5.41, 5.74) is 6.73. The predicted molar refractivity (Wildman–Crippen MR) is 114 cm³/mol. The normalized spacial score (nSPS) is 11.6. The van der Waals surface area contributed by atoms with E-state index in [9.17, 15) is 0 Å². The lowest BCUT2D eigenvalue weighted by Crippen LogP contribution is -2.65. The van der Waals surface area contributed by atoms with Gasteiger partial charge in [-0.05, 0) is 50.2 Å². The molecule has 0 aliphatic rings. The standard InChI is InChI=1S/C24H28Si/c1-17-7-9-22(10-8-17)25(6,23-13-18(2)11-19(3)14-23)24-15-20(4)12-21(5)16-24/h7-16H,1-6H3. The van der Waals surface area contributed by atoms with Crippen LogP contribution >= 0.6 is 0 Å². The molecule has 25 heavy (non-hydrogen) atoms. The number of benzene rings is 3. The van der Waals surface area contributed by atoms with Crippen molar-refractivity contribution < 1.29 is 0 Å². The van der Waals surface area contributed by atoms with E-state index in [-0.39, 0.29) is 0 Å². The predicted octanol–water partition coefficient (Wildman–Crippen LogP) is 4.33. The highest BCUT2D eigenvalue weighted by Gasteiger charge is 2.34. The molecule has 3 rings (SSSR count). The Labute approximate surface area is 153 Å². The van der Waals surface area contributed by atoms with Gasteiger partial charge >= 0.3 is 0 Å². The van der Waals surface area contributed by atoms with Crippen molar-refractivity contribution in [1.29, 1.82) is 0 Å². The van der Waals surface area contributed by atoms with Crippen LogP contribution in [0.2, 0.25) is 6.55 Å². The lowest BCUT2D eigenvalue weighted by atomic mass is 10.2. The van der Waals surface area contributed by atoms with Crippen LogP contribution in [0, 0.1) is 34.6 Å². The van der Waals surface area contributed by atoms with E-state index in [0.717, 1.165) is 0 Å². The van der Waals surface area contributed by atoms with Crippen molar-refractivity contribution in [3.63, 3.8) is 0 Å². The van der Waals surface area contributed by atoms with Gasteiger partial charge in [-0.1, -0.05) is 95.0 Å². The molecular weight excluding hydrogens is 316 g/mol. The summed E-state index contributed by atoms with van der Waals surface area (Å²) in [6.45, 7) is 13.5. The zero-order chi connectivity index (χ0) is 18.2. The smallest absolute Gasteiger partial charge is 0.0620 e. The lowest BCUT2D eigenvalue weighted by molar-refractivity contribution is 1.39. The van der Waals surface area contributed by atoms with Gasteiger partial charge in [0.2, 0.25) is 0 Å². The molecule has 0 N–H and O–H groups in total. The quantitative estimate of drug-likeness (QED) is 0.490. The van der Waals surface area contributed by atoms with Gasteiger partial charge in [0.05, 0.1) is 0 Å². The summed E-state index contributed by atoms with van der Waals surface area (Å²) < 4.78 is 0. The molecule has 0 fully saturated rings. The molecule has 128 valence electrons. The average molecular weight is 345 g/mol. The molecule has 0 amide bonds.